The zero-order valence-electron chi connectivity index (χ0n) is 6.79. The number of rotatable bonds is 0. The van der Waals surface area contributed by atoms with E-state index in [-0.39, 0.29) is 5.75 Å². The van der Waals surface area contributed by atoms with Gasteiger partial charge in [0, 0.05) is 21.6 Å². The fourth-order valence-electron chi connectivity index (χ4n) is 1.34. The summed E-state index contributed by atoms with van der Waals surface area (Å²) in [7, 11) is 0. The Labute approximate surface area is 84.1 Å². The number of phenolic OH excluding ortho intramolecular Hbond substituents is 1. The first kappa shape index (κ1) is 8.38. The van der Waals surface area contributed by atoms with Crippen LogP contribution in [0.2, 0.25) is 0 Å². The maximum absolute atomic E-state index is 9.55. The van der Waals surface area contributed by atoms with Crippen LogP contribution in [0.4, 0.5) is 5.69 Å². The van der Waals surface area contributed by atoms with E-state index in [9.17, 15) is 5.11 Å². The molecule has 0 bridgehead atoms. The quantitative estimate of drug-likeness (QED) is 0.693. The number of hydrogen-bond acceptors (Lipinski definition) is 2. The second-order valence-electron chi connectivity index (χ2n) is 2.91. The Bertz CT molecular complexity index is 462. The monoisotopic (exact) mass is 237 g/mol. The summed E-state index contributed by atoms with van der Waals surface area (Å²) in [6.45, 7) is 0. The summed E-state index contributed by atoms with van der Waals surface area (Å²) in [4.78, 5) is 0. The lowest BCUT2D eigenvalue weighted by Crippen LogP contribution is -1.84. The number of fused-ring (bicyclic) bond motifs is 1. The van der Waals surface area contributed by atoms with Crippen molar-refractivity contribution in [2.45, 2.75) is 0 Å². The summed E-state index contributed by atoms with van der Waals surface area (Å²) in [5.41, 5.74) is 6.17. The molecule has 0 saturated heterocycles. The molecule has 0 radical (unpaired) electrons. The van der Waals surface area contributed by atoms with E-state index >= 15 is 0 Å². The summed E-state index contributed by atoms with van der Waals surface area (Å²) in [5.74, 6) is 0.225. The van der Waals surface area contributed by atoms with Crippen molar-refractivity contribution >= 4 is 32.4 Å². The second kappa shape index (κ2) is 2.92. The second-order valence-corrected chi connectivity index (χ2v) is 3.82. The molecular formula is C10H8BrNO. The summed E-state index contributed by atoms with van der Waals surface area (Å²) >= 11 is 3.36. The summed E-state index contributed by atoms with van der Waals surface area (Å²) in [6.07, 6.45) is 0. The predicted molar refractivity (Wildman–Crippen MR) is 57.7 cm³/mol. The Morgan fingerprint density at radius 2 is 1.92 bits per heavy atom. The maximum Gasteiger partial charge on any atom is 0.125 e. The Balaban J connectivity index is 2.86. The van der Waals surface area contributed by atoms with Crippen molar-refractivity contribution < 1.29 is 5.11 Å². The van der Waals surface area contributed by atoms with Gasteiger partial charge in [-0.25, -0.2) is 0 Å². The van der Waals surface area contributed by atoms with Crippen LogP contribution in [0.3, 0.4) is 0 Å². The van der Waals surface area contributed by atoms with Gasteiger partial charge in [0.1, 0.15) is 5.75 Å². The third kappa shape index (κ3) is 1.47. The van der Waals surface area contributed by atoms with Crippen LogP contribution in [-0.2, 0) is 0 Å². The molecule has 0 saturated carbocycles. The molecule has 3 heteroatoms. The molecule has 2 aromatic rings. The maximum atomic E-state index is 9.55. The van der Waals surface area contributed by atoms with Gasteiger partial charge in [-0.2, -0.15) is 0 Å². The van der Waals surface area contributed by atoms with Crippen LogP contribution in [0.15, 0.2) is 34.8 Å². The zero-order chi connectivity index (χ0) is 9.42. The lowest BCUT2D eigenvalue weighted by molar-refractivity contribution is 0.482. The van der Waals surface area contributed by atoms with Crippen molar-refractivity contribution in [2.24, 2.45) is 0 Å². The van der Waals surface area contributed by atoms with Gasteiger partial charge < -0.3 is 10.8 Å². The molecule has 0 amide bonds. The van der Waals surface area contributed by atoms with Gasteiger partial charge in [0.15, 0.2) is 0 Å². The van der Waals surface area contributed by atoms with Crippen molar-refractivity contribution in [3.63, 3.8) is 0 Å². The minimum atomic E-state index is 0.225. The minimum absolute atomic E-state index is 0.225. The molecule has 13 heavy (non-hydrogen) atoms. The summed E-state index contributed by atoms with van der Waals surface area (Å²) in [6, 6.07) is 9.05. The van der Waals surface area contributed by atoms with Crippen molar-refractivity contribution in [3.8, 4) is 5.75 Å². The highest BCUT2D eigenvalue weighted by molar-refractivity contribution is 9.10. The van der Waals surface area contributed by atoms with E-state index in [1.54, 1.807) is 6.07 Å². The molecule has 0 spiro atoms. The molecule has 2 rings (SSSR count). The molecule has 0 atom stereocenters. The first-order chi connectivity index (χ1) is 6.16. The molecular weight excluding hydrogens is 230 g/mol. The Morgan fingerprint density at radius 1 is 1.15 bits per heavy atom. The predicted octanol–water partition coefficient (Wildman–Crippen LogP) is 2.89. The number of benzene rings is 2. The van der Waals surface area contributed by atoms with E-state index < -0.39 is 0 Å². The molecule has 0 aliphatic heterocycles. The number of aromatic hydroxyl groups is 1. The molecule has 0 fully saturated rings. The van der Waals surface area contributed by atoms with Gasteiger partial charge in [-0.3, -0.25) is 0 Å². The number of nitrogen functional groups attached to an aromatic ring is 1. The van der Waals surface area contributed by atoms with E-state index in [4.69, 9.17) is 5.73 Å². The van der Waals surface area contributed by atoms with Gasteiger partial charge in [-0.1, -0.05) is 15.9 Å². The van der Waals surface area contributed by atoms with Crippen LogP contribution in [0.25, 0.3) is 10.8 Å². The van der Waals surface area contributed by atoms with E-state index in [0.717, 1.165) is 15.2 Å². The van der Waals surface area contributed by atoms with Gasteiger partial charge in [0.2, 0.25) is 0 Å². The lowest BCUT2D eigenvalue weighted by atomic mass is 10.1. The van der Waals surface area contributed by atoms with E-state index in [1.165, 1.54) is 0 Å². The molecule has 2 aromatic carbocycles. The number of halogens is 1. The van der Waals surface area contributed by atoms with E-state index in [1.807, 2.05) is 24.3 Å². The standard InChI is InChI=1S/C10H8BrNO/c11-7-1-2-9-6(3-7)4-8(12)5-10(9)13/h1-5,13H,12H2. The molecule has 66 valence electrons. The number of nitrogens with two attached hydrogens (primary N) is 1. The number of hydrogen-bond donors (Lipinski definition) is 2. The average Bonchev–Trinajstić information content (AvgIpc) is 2.02. The minimum Gasteiger partial charge on any atom is -0.507 e. The van der Waals surface area contributed by atoms with E-state index in [0.29, 0.717) is 5.69 Å². The van der Waals surface area contributed by atoms with Crippen molar-refractivity contribution in [1.82, 2.24) is 0 Å². The van der Waals surface area contributed by atoms with Crippen LogP contribution in [0.5, 0.6) is 5.75 Å². The largest absolute Gasteiger partial charge is 0.507 e. The smallest absolute Gasteiger partial charge is 0.125 e. The molecule has 0 aromatic heterocycles. The molecule has 0 aliphatic carbocycles. The first-order valence-corrected chi connectivity index (χ1v) is 4.64. The summed E-state index contributed by atoms with van der Waals surface area (Å²) in [5, 5.41) is 11.3. The van der Waals surface area contributed by atoms with Gasteiger partial charge in [-0.05, 0) is 29.7 Å². The molecule has 0 aliphatic rings. The van der Waals surface area contributed by atoms with Gasteiger partial charge in [0.05, 0.1) is 0 Å². The molecule has 0 heterocycles. The third-order valence-electron chi connectivity index (χ3n) is 1.92. The highest BCUT2D eigenvalue weighted by Gasteiger charge is 2.01. The highest BCUT2D eigenvalue weighted by atomic mass is 79.9. The van der Waals surface area contributed by atoms with Gasteiger partial charge in [-0.15, -0.1) is 0 Å². The lowest BCUT2D eigenvalue weighted by Gasteiger charge is -2.02. The van der Waals surface area contributed by atoms with Crippen LogP contribution < -0.4 is 5.73 Å². The fourth-order valence-corrected chi connectivity index (χ4v) is 1.72. The Kier molecular flexibility index (Phi) is 1.88. The van der Waals surface area contributed by atoms with Crippen LogP contribution >= 0.6 is 15.9 Å². The zero-order valence-corrected chi connectivity index (χ0v) is 8.38. The van der Waals surface area contributed by atoms with Crippen molar-refractivity contribution in [1.29, 1.82) is 0 Å². The molecule has 0 unspecified atom stereocenters. The number of anilines is 1. The first-order valence-electron chi connectivity index (χ1n) is 3.84. The average molecular weight is 238 g/mol. The van der Waals surface area contributed by atoms with Crippen LogP contribution in [0.1, 0.15) is 0 Å². The van der Waals surface area contributed by atoms with Gasteiger partial charge >= 0.3 is 0 Å². The van der Waals surface area contributed by atoms with Gasteiger partial charge in [0.25, 0.3) is 0 Å². The normalized spacial score (nSPS) is 10.5. The Hall–Kier alpha value is -1.22. The van der Waals surface area contributed by atoms with Crippen molar-refractivity contribution in [2.75, 3.05) is 5.73 Å². The topological polar surface area (TPSA) is 46.2 Å². The van der Waals surface area contributed by atoms with Crippen LogP contribution in [0, 0.1) is 0 Å². The fraction of sp³-hybridized carbons (Fsp3) is 0. The van der Waals surface area contributed by atoms with Crippen molar-refractivity contribution in [3.05, 3.63) is 34.8 Å². The highest BCUT2D eigenvalue weighted by Crippen LogP contribution is 2.29. The Morgan fingerprint density at radius 3 is 2.69 bits per heavy atom. The van der Waals surface area contributed by atoms with Crippen LogP contribution in [-0.4, -0.2) is 5.11 Å². The third-order valence-corrected chi connectivity index (χ3v) is 2.41. The van der Waals surface area contributed by atoms with E-state index in [2.05, 4.69) is 15.9 Å². The molecule has 2 nitrogen and oxygen atoms in total. The molecule has 3 N–H and O–H groups in total. The summed E-state index contributed by atoms with van der Waals surface area (Å²) < 4.78 is 0.977. The number of phenols is 1. The SMILES string of the molecule is Nc1cc(O)c2ccc(Br)cc2c1.